The highest BCUT2D eigenvalue weighted by Crippen LogP contribution is 2.36. The normalized spacial score (nSPS) is 13.4. The van der Waals surface area contributed by atoms with Crippen molar-refractivity contribution >= 4 is 39.7 Å². The minimum atomic E-state index is -4.28. The molecule has 0 aromatic rings. The van der Waals surface area contributed by atoms with Gasteiger partial charge in [-0.15, -0.1) is 0 Å². The SMILES string of the molecule is CC(C)N.O=P(O)(O)OCC(Br)CBr. The summed E-state index contributed by atoms with van der Waals surface area (Å²) in [5.41, 5.74) is 5.11. The zero-order valence-electron chi connectivity index (χ0n) is 8.06. The van der Waals surface area contributed by atoms with E-state index in [2.05, 4.69) is 36.4 Å². The van der Waals surface area contributed by atoms with Crippen LogP contribution in [0.1, 0.15) is 13.8 Å². The predicted molar refractivity (Wildman–Crippen MR) is 63.8 cm³/mol. The molecule has 4 N–H and O–H groups in total. The molecule has 0 spiro atoms. The summed E-state index contributed by atoms with van der Waals surface area (Å²) in [7, 11) is -4.28. The lowest BCUT2D eigenvalue weighted by molar-refractivity contribution is 0.201. The Morgan fingerprint density at radius 3 is 2.07 bits per heavy atom. The average molecular weight is 357 g/mol. The lowest BCUT2D eigenvalue weighted by Crippen LogP contribution is -2.08. The van der Waals surface area contributed by atoms with Gasteiger partial charge in [-0.3, -0.25) is 4.52 Å². The van der Waals surface area contributed by atoms with Crippen molar-refractivity contribution < 1.29 is 18.9 Å². The van der Waals surface area contributed by atoms with Crippen LogP contribution < -0.4 is 5.73 Å². The van der Waals surface area contributed by atoms with Crippen molar-refractivity contribution in [2.75, 3.05) is 11.9 Å². The van der Waals surface area contributed by atoms with Crippen LogP contribution in [0.25, 0.3) is 0 Å². The van der Waals surface area contributed by atoms with Gasteiger partial charge in [-0.2, -0.15) is 0 Å². The monoisotopic (exact) mass is 355 g/mol. The largest absolute Gasteiger partial charge is 0.469 e. The van der Waals surface area contributed by atoms with Crippen molar-refractivity contribution in [2.45, 2.75) is 24.7 Å². The topological polar surface area (TPSA) is 92.8 Å². The third-order valence-corrected chi connectivity index (χ3v) is 3.31. The maximum atomic E-state index is 10.1. The molecule has 0 aromatic carbocycles. The fourth-order valence-corrected chi connectivity index (χ4v) is 1.12. The van der Waals surface area contributed by atoms with Crippen LogP contribution in [-0.4, -0.2) is 32.6 Å². The maximum absolute atomic E-state index is 10.1. The molecule has 0 bridgehead atoms. The molecule has 5 nitrogen and oxygen atoms in total. The second-order valence-corrected chi connectivity index (χ2v) is 5.96. The lowest BCUT2D eigenvalue weighted by atomic mass is 10.5. The standard InChI is InChI=1S/C3H7Br2O4P.C3H9N/c4-1-3(5)2-9-10(6,7)8;1-3(2)4/h3H,1-2H2,(H2,6,7,8);3H,4H2,1-2H3. The van der Waals surface area contributed by atoms with Crippen LogP contribution in [0.4, 0.5) is 0 Å². The fourth-order valence-electron chi connectivity index (χ4n) is 0.223. The average Bonchev–Trinajstić information content (AvgIpc) is 1.97. The molecule has 1 unspecified atom stereocenters. The molecule has 0 aliphatic heterocycles. The molecule has 0 saturated carbocycles. The second kappa shape index (κ2) is 9.27. The quantitative estimate of drug-likeness (QED) is 0.525. The summed E-state index contributed by atoms with van der Waals surface area (Å²) >= 11 is 6.22. The Balaban J connectivity index is 0. The van der Waals surface area contributed by atoms with E-state index < -0.39 is 7.82 Å². The van der Waals surface area contributed by atoms with Crippen molar-refractivity contribution in [3.05, 3.63) is 0 Å². The minimum absolute atomic E-state index is 0.00444. The molecule has 8 heteroatoms. The van der Waals surface area contributed by atoms with Crippen LogP contribution in [0.3, 0.4) is 0 Å². The van der Waals surface area contributed by atoms with E-state index >= 15 is 0 Å². The van der Waals surface area contributed by atoms with Crippen LogP contribution >= 0.6 is 39.7 Å². The number of rotatable bonds is 4. The lowest BCUT2D eigenvalue weighted by Gasteiger charge is -2.07. The highest BCUT2D eigenvalue weighted by molar-refractivity contribution is 9.12. The van der Waals surface area contributed by atoms with Gasteiger partial charge in [-0.25, -0.2) is 4.57 Å². The number of nitrogens with two attached hydrogens (primary N) is 1. The Kier molecular flexibility index (Phi) is 11.5. The molecular weight excluding hydrogens is 341 g/mol. The predicted octanol–water partition coefficient (Wildman–Crippen LogP) is 1.61. The summed E-state index contributed by atoms with van der Waals surface area (Å²) in [6.07, 6.45) is 0. The second-order valence-electron chi connectivity index (χ2n) is 2.78. The molecular formula is C6H16Br2NO4P. The first kappa shape index (κ1) is 17.4. The Labute approximate surface area is 101 Å². The summed E-state index contributed by atoms with van der Waals surface area (Å²) in [5, 5.41) is 0.590. The summed E-state index contributed by atoms with van der Waals surface area (Å²) in [4.78, 5) is 16.4. The number of alkyl halides is 2. The number of phosphoric ester groups is 1. The van der Waals surface area contributed by atoms with Crippen LogP contribution in [0, 0.1) is 0 Å². The highest BCUT2D eigenvalue weighted by Gasteiger charge is 2.15. The van der Waals surface area contributed by atoms with Gasteiger partial charge < -0.3 is 15.5 Å². The first-order valence-electron chi connectivity index (χ1n) is 3.84. The van der Waals surface area contributed by atoms with E-state index in [4.69, 9.17) is 15.5 Å². The van der Waals surface area contributed by atoms with Crippen LogP contribution in [-0.2, 0) is 9.09 Å². The Morgan fingerprint density at radius 2 is 1.86 bits per heavy atom. The molecule has 1 atom stereocenters. The molecule has 0 heterocycles. The van der Waals surface area contributed by atoms with E-state index in [1.807, 2.05) is 13.8 Å². The number of hydrogen-bond acceptors (Lipinski definition) is 3. The van der Waals surface area contributed by atoms with Crippen LogP contribution in [0.15, 0.2) is 0 Å². The maximum Gasteiger partial charge on any atom is 0.469 e. The minimum Gasteiger partial charge on any atom is -0.328 e. The Hall–Kier alpha value is 1.03. The summed E-state index contributed by atoms with van der Waals surface area (Å²) in [5.74, 6) is 0. The van der Waals surface area contributed by atoms with E-state index in [1.54, 1.807) is 0 Å². The third-order valence-electron chi connectivity index (χ3n) is 0.591. The van der Waals surface area contributed by atoms with Gasteiger partial charge >= 0.3 is 7.82 Å². The van der Waals surface area contributed by atoms with Crippen LogP contribution in [0.2, 0.25) is 0 Å². The molecule has 0 aromatic heterocycles. The van der Waals surface area contributed by atoms with Crippen molar-refractivity contribution in [1.82, 2.24) is 0 Å². The number of phosphoric acid groups is 1. The van der Waals surface area contributed by atoms with Crippen molar-refractivity contribution in [3.8, 4) is 0 Å². The van der Waals surface area contributed by atoms with E-state index in [1.165, 1.54) is 0 Å². The van der Waals surface area contributed by atoms with Gasteiger partial charge in [0.1, 0.15) is 0 Å². The summed E-state index contributed by atoms with van der Waals surface area (Å²) < 4.78 is 14.3. The van der Waals surface area contributed by atoms with Crippen molar-refractivity contribution in [2.24, 2.45) is 5.73 Å². The molecule has 0 aliphatic carbocycles. The number of hydrogen-bond donors (Lipinski definition) is 3. The molecule has 0 rings (SSSR count). The van der Waals surface area contributed by atoms with E-state index in [9.17, 15) is 4.57 Å². The van der Waals surface area contributed by atoms with Gasteiger partial charge in [0, 0.05) is 10.2 Å². The van der Waals surface area contributed by atoms with E-state index in [0.29, 0.717) is 11.4 Å². The Morgan fingerprint density at radius 1 is 1.50 bits per heavy atom. The van der Waals surface area contributed by atoms with Gasteiger partial charge in [-0.05, 0) is 6.04 Å². The molecule has 88 valence electrons. The zero-order chi connectivity index (χ0) is 11.8. The van der Waals surface area contributed by atoms with Gasteiger partial charge in [0.2, 0.25) is 0 Å². The van der Waals surface area contributed by atoms with E-state index in [-0.39, 0.29) is 11.4 Å². The molecule has 0 saturated heterocycles. The van der Waals surface area contributed by atoms with Gasteiger partial charge in [0.15, 0.2) is 0 Å². The highest BCUT2D eigenvalue weighted by atomic mass is 79.9. The molecule has 0 amide bonds. The molecule has 0 fully saturated rings. The van der Waals surface area contributed by atoms with Gasteiger partial charge in [0.25, 0.3) is 0 Å². The fraction of sp³-hybridized carbons (Fsp3) is 1.00. The van der Waals surface area contributed by atoms with Crippen LogP contribution in [0.5, 0.6) is 0 Å². The molecule has 14 heavy (non-hydrogen) atoms. The van der Waals surface area contributed by atoms with Gasteiger partial charge in [0.05, 0.1) is 6.61 Å². The smallest absolute Gasteiger partial charge is 0.328 e. The third kappa shape index (κ3) is 23.1. The van der Waals surface area contributed by atoms with Crippen molar-refractivity contribution in [3.63, 3.8) is 0 Å². The van der Waals surface area contributed by atoms with Gasteiger partial charge in [-0.1, -0.05) is 45.7 Å². The summed E-state index contributed by atoms with van der Waals surface area (Å²) in [6.45, 7) is 3.88. The number of halogens is 2. The first-order valence-corrected chi connectivity index (χ1v) is 7.41. The molecule has 0 aliphatic rings. The van der Waals surface area contributed by atoms with E-state index in [0.717, 1.165) is 0 Å². The first-order chi connectivity index (χ1) is 6.19. The zero-order valence-corrected chi connectivity index (χ0v) is 12.1. The Bertz CT molecular complexity index is 172. The van der Waals surface area contributed by atoms with Crippen molar-refractivity contribution in [1.29, 1.82) is 0 Å². The summed E-state index contributed by atoms with van der Waals surface area (Å²) in [6, 6.07) is 0.333. The molecule has 0 radical (unpaired) electrons.